The second kappa shape index (κ2) is 10.7. The van der Waals surface area contributed by atoms with Crippen molar-refractivity contribution in [2.45, 2.75) is 12.5 Å². The lowest BCUT2D eigenvalue weighted by Gasteiger charge is -2.16. The van der Waals surface area contributed by atoms with Crippen molar-refractivity contribution in [1.82, 2.24) is 15.0 Å². The highest BCUT2D eigenvalue weighted by Crippen LogP contribution is 2.31. The van der Waals surface area contributed by atoms with E-state index in [1.165, 1.54) is 10.9 Å². The largest absolute Gasteiger partial charge is 0.485 e. The number of H-pyrrole nitrogens is 1. The fourth-order valence-corrected chi connectivity index (χ4v) is 3.19. The molecule has 7 nitrogen and oxygen atoms in total. The van der Waals surface area contributed by atoms with Gasteiger partial charge >= 0.3 is 0 Å². The summed E-state index contributed by atoms with van der Waals surface area (Å²) in [6, 6.07) is 7.87. The molecule has 0 radical (unpaired) electrons. The lowest BCUT2D eigenvalue weighted by molar-refractivity contribution is 0.152. The number of rotatable bonds is 9. The van der Waals surface area contributed by atoms with Gasteiger partial charge in [-0.3, -0.25) is 0 Å². The van der Waals surface area contributed by atoms with E-state index in [0.29, 0.717) is 24.7 Å². The van der Waals surface area contributed by atoms with Crippen LogP contribution in [-0.2, 0) is 11.2 Å². The summed E-state index contributed by atoms with van der Waals surface area (Å²) in [5.41, 5.74) is 8.21. The highest BCUT2D eigenvalue weighted by molar-refractivity contribution is 6.33. The number of nitrogens with one attached hydrogen (secondary N) is 2. The second-order valence-electron chi connectivity index (χ2n) is 6.02. The predicted molar refractivity (Wildman–Crippen MR) is 115 cm³/mol. The number of hydrogen-bond acceptors (Lipinski definition) is 6. The third-order valence-corrected chi connectivity index (χ3v) is 4.41. The van der Waals surface area contributed by atoms with Crippen LogP contribution in [-0.4, -0.2) is 47.9 Å². The maximum Gasteiger partial charge on any atom is 0.226 e. The Labute approximate surface area is 179 Å². The molecule has 0 amide bonds. The Bertz CT molecular complexity index is 906. The van der Waals surface area contributed by atoms with Crippen LogP contribution in [0.2, 0.25) is 10.4 Å². The number of para-hydroxylation sites is 1. The van der Waals surface area contributed by atoms with E-state index in [-0.39, 0.29) is 35.5 Å². The summed E-state index contributed by atoms with van der Waals surface area (Å²) in [5.74, 6) is 0.760. The molecule has 0 aliphatic carbocycles. The topological polar surface area (TPSA) is 98.1 Å². The first-order chi connectivity index (χ1) is 13.1. The van der Waals surface area contributed by atoms with Crippen molar-refractivity contribution in [2.24, 2.45) is 5.73 Å². The molecular formula is C18H22Cl3N5O2. The first kappa shape index (κ1) is 22.5. The first-order valence-corrected chi connectivity index (χ1v) is 9.23. The Balaban J connectivity index is 0.00000280. The molecule has 3 rings (SSSR count). The van der Waals surface area contributed by atoms with Crippen LogP contribution in [0.1, 0.15) is 5.56 Å². The molecule has 0 aliphatic rings. The highest BCUT2D eigenvalue weighted by Gasteiger charge is 2.16. The van der Waals surface area contributed by atoms with Crippen LogP contribution in [0.3, 0.4) is 0 Å². The van der Waals surface area contributed by atoms with E-state index in [9.17, 15) is 0 Å². The summed E-state index contributed by atoms with van der Waals surface area (Å²) in [4.78, 5) is 11.4. The van der Waals surface area contributed by atoms with E-state index in [1.807, 2.05) is 24.4 Å². The summed E-state index contributed by atoms with van der Waals surface area (Å²) in [7, 11) is 1.58. The van der Waals surface area contributed by atoms with Gasteiger partial charge in [-0.05, 0) is 29.7 Å². The number of aromatic nitrogens is 3. The Morgan fingerprint density at radius 2 is 2.00 bits per heavy atom. The molecule has 0 saturated carbocycles. The van der Waals surface area contributed by atoms with Gasteiger partial charge < -0.3 is 25.5 Å². The molecule has 1 atom stereocenters. The van der Waals surface area contributed by atoms with Crippen molar-refractivity contribution in [1.29, 1.82) is 0 Å². The molecule has 4 N–H and O–H groups in total. The van der Waals surface area contributed by atoms with Gasteiger partial charge in [-0.25, -0.2) is 4.98 Å². The van der Waals surface area contributed by atoms with Crippen LogP contribution in [0.4, 0.5) is 5.82 Å². The molecule has 0 unspecified atom stereocenters. The molecular weight excluding hydrogens is 425 g/mol. The molecule has 0 bridgehead atoms. The van der Waals surface area contributed by atoms with Crippen LogP contribution in [0.25, 0.3) is 10.9 Å². The van der Waals surface area contributed by atoms with Gasteiger partial charge in [-0.15, -0.1) is 12.4 Å². The zero-order chi connectivity index (χ0) is 19.2. The minimum absolute atomic E-state index is 0. The smallest absolute Gasteiger partial charge is 0.226 e. The third kappa shape index (κ3) is 5.62. The quantitative estimate of drug-likeness (QED) is 0.342. The molecule has 152 valence electrons. The molecule has 0 fully saturated rings. The number of ether oxygens (including phenoxy) is 2. The molecule has 28 heavy (non-hydrogen) atoms. The minimum Gasteiger partial charge on any atom is -0.485 e. The SMILES string of the molecule is COC[C@H](N)COc1c(Cl)nc(Cl)nc1NCCc1c[nH]c2ccccc12.Cl. The Morgan fingerprint density at radius 1 is 1.21 bits per heavy atom. The van der Waals surface area contributed by atoms with Gasteiger partial charge in [0.2, 0.25) is 5.28 Å². The number of benzene rings is 1. The number of methoxy groups -OCH3 is 1. The number of nitrogens with two attached hydrogens (primary N) is 1. The maximum absolute atomic E-state index is 6.17. The monoisotopic (exact) mass is 445 g/mol. The maximum atomic E-state index is 6.17. The molecule has 10 heteroatoms. The van der Waals surface area contributed by atoms with E-state index in [1.54, 1.807) is 7.11 Å². The van der Waals surface area contributed by atoms with Gasteiger partial charge in [0.15, 0.2) is 16.7 Å². The van der Waals surface area contributed by atoms with Crippen LogP contribution in [0.5, 0.6) is 5.75 Å². The highest BCUT2D eigenvalue weighted by atomic mass is 35.5. The normalized spacial score (nSPS) is 11.9. The number of nitrogens with zero attached hydrogens (tertiary/aromatic N) is 2. The van der Waals surface area contributed by atoms with Crippen LogP contribution in [0.15, 0.2) is 30.5 Å². The fraction of sp³-hybridized carbons (Fsp3) is 0.333. The summed E-state index contributed by atoms with van der Waals surface area (Å²) in [6.07, 6.45) is 2.79. The molecule has 2 heterocycles. The van der Waals surface area contributed by atoms with Gasteiger partial charge in [0.05, 0.1) is 12.6 Å². The molecule has 0 aliphatic heterocycles. The third-order valence-electron chi connectivity index (χ3n) is 3.98. The van der Waals surface area contributed by atoms with Gasteiger partial charge in [0.1, 0.15) is 6.61 Å². The van der Waals surface area contributed by atoms with E-state index in [0.717, 1.165) is 11.9 Å². The van der Waals surface area contributed by atoms with Crippen LogP contribution in [0, 0.1) is 0 Å². The van der Waals surface area contributed by atoms with Crippen molar-refractivity contribution in [2.75, 3.05) is 32.2 Å². The number of halogens is 3. The van der Waals surface area contributed by atoms with E-state index in [4.69, 9.17) is 38.4 Å². The van der Waals surface area contributed by atoms with E-state index in [2.05, 4.69) is 26.3 Å². The average molecular weight is 447 g/mol. The Hall–Kier alpha value is -1.77. The zero-order valence-electron chi connectivity index (χ0n) is 15.2. The molecule has 2 aromatic heterocycles. The van der Waals surface area contributed by atoms with Crippen molar-refractivity contribution in [3.8, 4) is 5.75 Å². The van der Waals surface area contributed by atoms with Gasteiger partial charge in [0, 0.05) is 30.8 Å². The molecule has 3 aromatic rings. The van der Waals surface area contributed by atoms with Gasteiger partial charge in [-0.1, -0.05) is 29.8 Å². The summed E-state index contributed by atoms with van der Waals surface area (Å²) in [6.45, 7) is 1.21. The number of hydrogen-bond donors (Lipinski definition) is 3. The minimum atomic E-state index is -0.291. The van der Waals surface area contributed by atoms with Crippen LogP contribution >= 0.6 is 35.6 Å². The summed E-state index contributed by atoms with van der Waals surface area (Å²) in [5, 5.41) is 4.60. The van der Waals surface area contributed by atoms with E-state index >= 15 is 0 Å². The molecule has 1 aromatic carbocycles. The summed E-state index contributed by atoms with van der Waals surface area (Å²) < 4.78 is 10.7. The van der Waals surface area contributed by atoms with Crippen LogP contribution < -0.4 is 15.8 Å². The van der Waals surface area contributed by atoms with Gasteiger partial charge in [0.25, 0.3) is 0 Å². The molecule has 0 saturated heterocycles. The van der Waals surface area contributed by atoms with E-state index < -0.39 is 0 Å². The molecule has 0 spiro atoms. The standard InChI is InChI=1S/C18H21Cl2N5O2.ClH/c1-26-9-12(21)10-27-15-16(19)24-18(20)25-17(15)22-7-6-11-8-23-14-5-3-2-4-13(11)14;/h2-5,8,12,23H,6-7,9-10,21H2,1H3,(H,22,24,25);1H/t12-;/m0./s1. The Morgan fingerprint density at radius 3 is 2.79 bits per heavy atom. The van der Waals surface area contributed by atoms with Gasteiger partial charge in [-0.2, -0.15) is 4.98 Å². The number of aromatic amines is 1. The fourth-order valence-electron chi connectivity index (χ4n) is 2.75. The van der Waals surface area contributed by atoms with Crippen molar-refractivity contribution in [3.05, 3.63) is 46.5 Å². The first-order valence-electron chi connectivity index (χ1n) is 8.47. The average Bonchev–Trinajstić information content (AvgIpc) is 3.04. The van der Waals surface area contributed by atoms with Crippen molar-refractivity contribution >= 4 is 52.3 Å². The van der Waals surface area contributed by atoms with Crippen molar-refractivity contribution in [3.63, 3.8) is 0 Å². The zero-order valence-corrected chi connectivity index (χ0v) is 17.6. The summed E-state index contributed by atoms with van der Waals surface area (Å²) >= 11 is 12.1. The lowest BCUT2D eigenvalue weighted by Crippen LogP contribution is -2.32. The second-order valence-corrected chi connectivity index (χ2v) is 6.72. The lowest BCUT2D eigenvalue weighted by atomic mass is 10.1. The van der Waals surface area contributed by atoms with Crippen molar-refractivity contribution < 1.29 is 9.47 Å². The number of fused-ring (bicyclic) bond motifs is 1. The Kier molecular flexibility index (Phi) is 8.59. The number of anilines is 1. The predicted octanol–water partition coefficient (Wildman–Crippen LogP) is 3.69.